The van der Waals surface area contributed by atoms with Crippen LogP contribution in [0.2, 0.25) is 0 Å². The molecule has 1 unspecified atom stereocenters. The van der Waals surface area contributed by atoms with Gasteiger partial charge in [-0.1, -0.05) is 152 Å². The zero-order valence-electron chi connectivity index (χ0n) is 29.0. The Balaban J connectivity index is 3.78. The van der Waals surface area contributed by atoms with Crippen molar-refractivity contribution in [1.29, 1.82) is 0 Å². The highest BCUT2D eigenvalue weighted by Gasteiger charge is 2.16. The van der Waals surface area contributed by atoms with Crippen molar-refractivity contribution in [3.63, 3.8) is 0 Å². The van der Waals surface area contributed by atoms with E-state index >= 15 is 0 Å². The molecule has 260 valence electrons. The van der Waals surface area contributed by atoms with Gasteiger partial charge in [-0.3, -0.25) is 9.59 Å². The molecule has 45 heavy (non-hydrogen) atoms. The average molecular weight is 633 g/mol. The van der Waals surface area contributed by atoms with Crippen molar-refractivity contribution < 1.29 is 29.3 Å². The largest absolute Gasteiger partial charge is 0.462 e. The SMILES string of the molecule is CCCCC/C=C\C/C=C\CC(O)/C=C\C=C\CCCC(=O)OC[C@H](CO)OC(=O)CCCCCCCCCCCCCCC. The molecule has 0 bridgehead atoms. The molecule has 2 N–H and O–H groups in total. The number of hydrogen-bond donors (Lipinski definition) is 2. The first-order valence-corrected chi connectivity index (χ1v) is 18.3. The molecule has 6 heteroatoms. The van der Waals surface area contributed by atoms with Gasteiger partial charge in [0.1, 0.15) is 6.61 Å². The number of aliphatic hydroxyl groups is 2. The summed E-state index contributed by atoms with van der Waals surface area (Å²) >= 11 is 0. The van der Waals surface area contributed by atoms with Crippen molar-refractivity contribution in [1.82, 2.24) is 0 Å². The topological polar surface area (TPSA) is 93.1 Å². The fraction of sp³-hybridized carbons (Fsp3) is 0.744. The van der Waals surface area contributed by atoms with E-state index in [-0.39, 0.29) is 31.6 Å². The van der Waals surface area contributed by atoms with Crippen LogP contribution < -0.4 is 0 Å². The Kier molecular flexibility index (Phi) is 33.0. The van der Waals surface area contributed by atoms with E-state index in [0.29, 0.717) is 25.7 Å². The first-order valence-electron chi connectivity index (χ1n) is 18.3. The maximum atomic E-state index is 12.1. The Morgan fingerprint density at radius 1 is 0.622 bits per heavy atom. The Morgan fingerprint density at radius 2 is 1.18 bits per heavy atom. The van der Waals surface area contributed by atoms with Crippen molar-refractivity contribution in [3.05, 3.63) is 48.6 Å². The summed E-state index contributed by atoms with van der Waals surface area (Å²) in [7, 11) is 0. The van der Waals surface area contributed by atoms with Crippen LogP contribution in [0.25, 0.3) is 0 Å². The Hall–Kier alpha value is -2.18. The van der Waals surface area contributed by atoms with Gasteiger partial charge in [-0.2, -0.15) is 0 Å². The van der Waals surface area contributed by atoms with Gasteiger partial charge in [0.05, 0.1) is 12.7 Å². The molecule has 2 atom stereocenters. The van der Waals surface area contributed by atoms with Crippen LogP contribution in [0.15, 0.2) is 48.6 Å². The van der Waals surface area contributed by atoms with E-state index in [9.17, 15) is 19.8 Å². The number of carbonyl (C=O) groups is 2. The van der Waals surface area contributed by atoms with Gasteiger partial charge in [0, 0.05) is 12.8 Å². The molecule has 0 spiro atoms. The third kappa shape index (κ3) is 33.0. The number of carbonyl (C=O) groups excluding carboxylic acids is 2. The Morgan fingerprint density at radius 3 is 1.82 bits per heavy atom. The smallest absolute Gasteiger partial charge is 0.306 e. The summed E-state index contributed by atoms with van der Waals surface area (Å²) < 4.78 is 10.5. The predicted octanol–water partition coefficient (Wildman–Crippen LogP) is 10.0. The minimum Gasteiger partial charge on any atom is -0.462 e. The molecule has 6 nitrogen and oxygen atoms in total. The molecule has 0 rings (SSSR count). The highest BCUT2D eigenvalue weighted by Crippen LogP contribution is 2.13. The molecule has 0 amide bonds. The number of unbranched alkanes of at least 4 members (excludes halogenated alkanes) is 16. The summed E-state index contributed by atoms with van der Waals surface area (Å²) in [6.07, 6.45) is 39.1. The second-order valence-electron chi connectivity index (χ2n) is 12.2. The summed E-state index contributed by atoms with van der Waals surface area (Å²) in [5, 5.41) is 19.5. The first kappa shape index (κ1) is 42.8. The number of rotatable bonds is 32. The van der Waals surface area contributed by atoms with Gasteiger partial charge >= 0.3 is 11.9 Å². The van der Waals surface area contributed by atoms with E-state index in [4.69, 9.17) is 9.47 Å². The van der Waals surface area contributed by atoms with E-state index < -0.39 is 12.2 Å². The standard InChI is InChI=1S/C39H68O6/c1-3-5-7-9-11-13-14-15-16-18-20-24-29-33-39(43)45-37(34-40)35-44-38(42)32-28-25-21-23-27-31-36(41)30-26-22-19-17-12-10-8-6-4-2/h12,17,21-23,26-27,31,36-37,40-41H,3-11,13-16,18-20,24-25,28-30,32-35H2,1-2H3/b17-12-,23-21+,26-22-,31-27-/t36?,37-/m0/s1. The lowest BCUT2D eigenvalue weighted by molar-refractivity contribution is -0.161. The predicted molar refractivity (Wildman–Crippen MR) is 188 cm³/mol. The van der Waals surface area contributed by atoms with Gasteiger partial charge in [-0.15, -0.1) is 0 Å². The third-order valence-electron chi connectivity index (χ3n) is 7.71. The zero-order chi connectivity index (χ0) is 33.1. The number of allylic oxidation sites excluding steroid dienone is 6. The van der Waals surface area contributed by atoms with Crippen molar-refractivity contribution in [2.24, 2.45) is 0 Å². The highest BCUT2D eigenvalue weighted by atomic mass is 16.6. The molecule has 0 radical (unpaired) electrons. The van der Waals surface area contributed by atoms with Crippen LogP contribution in [-0.4, -0.2) is 47.6 Å². The van der Waals surface area contributed by atoms with Crippen LogP contribution in [0, 0.1) is 0 Å². The van der Waals surface area contributed by atoms with Gasteiger partial charge in [0.2, 0.25) is 0 Å². The summed E-state index contributed by atoms with van der Waals surface area (Å²) in [6.45, 7) is 3.97. The number of hydrogen-bond acceptors (Lipinski definition) is 6. The maximum Gasteiger partial charge on any atom is 0.306 e. The number of aliphatic hydroxyl groups excluding tert-OH is 2. The summed E-state index contributed by atoms with van der Waals surface area (Å²) in [4.78, 5) is 24.2. The summed E-state index contributed by atoms with van der Waals surface area (Å²) in [6, 6.07) is 0. The molecule has 0 aliphatic carbocycles. The maximum absolute atomic E-state index is 12.1. The van der Waals surface area contributed by atoms with Gasteiger partial charge in [-0.05, 0) is 44.9 Å². The van der Waals surface area contributed by atoms with E-state index in [1.807, 2.05) is 24.3 Å². The molecular formula is C39H68O6. The minimum absolute atomic E-state index is 0.125. The van der Waals surface area contributed by atoms with Crippen molar-refractivity contribution in [2.45, 2.75) is 174 Å². The molecule has 0 fully saturated rings. The highest BCUT2D eigenvalue weighted by molar-refractivity contribution is 5.70. The Labute approximate surface area is 276 Å². The molecular weight excluding hydrogens is 564 g/mol. The molecule has 0 saturated heterocycles. The fourth-order valence-corrected chi connectivity index (χ4v) is 4.86. The van der Waals surface area contributed by atoms with Gasteiger partial charge in [0.15, 0.2) is 6.10 Å². The third-order valence-corrected chi connectivity index (χ3v) is 7.71. The van der Waals surface area contributed by atoms with E-state index in [1.54, 1.807) is 6.08 Å². The lowest BCUT2D eigenvalue weighted by Crippen LogP contribution is -2.28. The lowest BCUT2D eigenvalue weighted by atomic mass is 10.0. The zero-order valence-corrected chi connectivity index (χ0v) is 29.0. The van der Waals surface area contributed by atoms with Crippen LogP contribution in [-0.2, 0) is 19.1 Å². The van der Waals surface area contributed by atoms with E-state index in [2.05, 4.69) is 32.1 Å². The molecule has 0 aromatic rings. The van der Waals surface area contributed by atoms with Crippen LogP contribution in [0.5, 0.6) is 0 Å². The van der Waals surface area contributed by atoms with Gasteiger partial charge in [0.25, 0.3) is 0 Å². The fourth-order valence-electron chi connectivity index (χ4n) is 4.86. The summed E-state index contributed by atoms with van der Waals surface area (Å²) in [5.41, 5.74) is 0. The summed E-state index contributed by atoms with van der Waals surface area (Å²) in [5.74, 6) is -0.722. The van der Waals surface area contributed by atoms with Gasteiger partial charge < -0.3 is 19.7 Å². The van der Waals surface area contributed by atoms with Crippen LogP contribution in [0.3, 0.4) is 0 Å². The molecule has 0 aromatic heterocycles. The number of esters is 2. The van der Waals surface area contributed by atoms with Crippen molar-refractivity contribution >= 4 is 11.9 Å². The average Bonchev–Trinajstić information content (AvgIpc) is 3.03. The van der Waals surface area contributed by atoms with Crippen LogP contribution in [0.1, 0.15) is 162 Å². The quantitative estimate of drug-likeness (QED) is 0.0332. The van der Waals surface area contributed by atoms with E-state index in [0.717, 1.165) is 32.1 Å². The molecule has 0 aliphatic rings. The monoisotopic (exact) mass is 633 g/mol. The Bertz CT molecular complexity index is 784. The molecule has 0 saturated carbocycles. The second kappa shape index (κ2) is 34.7. The van der Waals surface area contributed by atoms with Crippen LogP contribution in [0.4, 0.5) is 0 Å². The lowest BCUT2D eigenvalue weighted by Gasteiger charge is -2.15. The first-order chi connectivity index (χ1) is 22.0. The number of ether oxygens (including phenoxy) is 2. The van der Waals surface area contributed by atoms with Crippen molar-refractivity contribution in [3.8, 4) is 0 Å². The molecule has 0 heterocycles. The minimum atomic E-state index is -0.818. The van der Waals surface area contributed by atoms with Crippen LogP contribution >= 0.6 is 0 Å². The normalized spacial score (nSPS) is 13.4. The van der Waals surface area contributed by atoms with Crippen molar-refractivity contribution in [2.75, 3.05) is 13.2 Å². The van der Waals surface area contributed by atoms with E-state index in [1.165, 1.54) is 83.5 Å². The molecule has 0 aromatic carbocycles. The second-order valence-corrected chi connectivity index (χ2v) is 12.2. The van der Waals surface area contributed by atoms with Gasteiger partial charge in [-0.25, -0.2) is 0 Å². The molecule has 0 aliphatic heterocycles.